The normalized spacial score (nSPS) is 12.3. The van der Waals surface area contributed by atoms with E-state index >= 15 is 0 Å². The second kappa shape index (κ2) is 9.43. The minimum absolute atomic E-state index is 0. The molecule has 1 aromatic rings. The van der Waals surface area contributed by atoms with E-state index in [4.69, 9.17) is 0 Å². The third kappa shape index (κ3) is 7.19. The van der Waals surface area contributed by atoms with E-state index < -0.39 is 11.7 Å². The molecular weight excluding hydrogens is 291 g/mol. The molecule has 0 aromatic heterocycles. The maximum absolute atomic E-state index is 12.4. The van der Waals surface area contributed by atoms with Crippen molar-refractivity contribution in [2.24, 2.45) is 0 Å². The number of rotatable bonds is 4. The predicted octanol–water partition coefficient (Wildman–Crippen LogP) is 2.75. The molecule has 102 valence electrons. The average molecular weight is 310 g/mol. The van der Waals surface area contributed by atoms with Gasteiger partial charge in [-0.1, -0.05) is 25.1 Å². The number of hydrogen-bond donors (Lipinski definition) is 1. The van der Waals surface area contributed by atoms with Crippen LogP contribution in [-0.2, 0) is 12.6 Å². The average Bonchev–Trinajstić information content (AvgIpc) is 2.17. The summed E-state index contributed by atoms with van der Waals surface area (Å²) in [7, 11) is 0. The van der Waals surface area contributed by atoms with Gasteiger partial charge in [0, 0.05) is 6.04 Å². The number of likely N-dealkylation sites (N-methyl/N-ethyl adjacent to an activating group) is 1. The van der Waals surface area contributed by atoms with Crippen molar-refractivity contribution in [1.82, 2.24) is 5.32 Å². The Morgan fingerprint density at radius 3 is 2.39 bits per heavy atom. The summed E-state index contributed by atoms with van der Waals surface area (Å²) in [6.07, 6.45) is -3.64. The Bertz CT molecular complexity index is 344. The zero-order valence-corrected chi connectivity index (χ0v) is 10.7. The summed E-state index contributed by atoms with van der Waals surface area (Å²) in [5.74, 6) is 0. The summed E-state index contributed by atoms with van der Waals surface area (Å²) < 4.78 is 37.3. The zero-order valence-electron chi connectivity index (χ0n) is 9.84. The van der Waals surface area contributed by atoms with Crippen molar-refractivity contribution in [2.45, 2.75) is 32.5 Å². The Kier molecular flexibility index (Phi) is 10.9. The first-order valence-corrected chi connectivity index (χ1v) is 5.33. The van der Waals surface area contributed by atoms with Crippen molar-refractivity contribution < 1.29 is 13.2 Å². The molecule has 0 spiro atoms. The number of halogens is 4. The van der Waals surface area contributed by atoms with Gasteiger partial charge in [0.2, 0.25) is 0 Å². The first kappa shape index (κ1) is 20.8. The molecule has 0 bridgehead atoms. The summed E-state index contributed by atoms with van der Waals surface area (Å²) in [5, 5.41) is 3.17. The summed E-state index contributed by atoms with van der Waals surface area (Å²) in [5.41, 5.74) is 0.136. The predicted molar refractivity (Wildman–Crippen MR) is 74.1 cm³/mol. The van der Waals surface area contributed by atoms with Gasteiger partial charge in [-0.15, -0.1) is 12.4 Å². The molecular formula is C12H19CaClF3N. The molecule has 1 aromatic carbocycles. The molecule has 1 unspecified atom stereocenters. The number of hydrogen-bond acceptors (Lipinski definition) is 1. The van der Waals surface area contributed by atoms with Crippen LogP contribution in [-0.4, -0.2) is 50.3 Å². The minimum atomic E-state index is -4.25. The maximum atomic E-state index is 12.4. The molecule has 0 saturated carbocycles. The molecule has 0 radical (unpaired) electrons. The van der Waals surface area contributed by atoms with Gasteiger partial charge in [0.15, 0.2) is 0 Å². The number of alkyl halides is 3. The van der Waals surface area contributed by atoms with Crippen LogP contribution in [0.25, 0.3) is 0 Å². The molecule has 0 amide bonds. The van der Waals surface area contributed by atoms with Gasteiger partial charge < -0.3 is 5.32 Å². The standard InChI is InChI=1S/C12H16F3N.Ca.ClH.2H/c1-3-16-9(2)7-10-5-4-6-11(8-10)12(13,14)15;;;;/h4-6,8-9,16H,3,7H2,1-2H3;;1H;;. The van der Waals surface area contributed by atoms with E-state index in [9.17, 15) is 13.2 Å². The van der Waals surface area contributed by atoms with E-state index in [0.29, 0.717) is 12.0 Å². The van der Waals surface area contributed by atoms with E-state index in [1.807, 2.05) is 13.8 Å². The van der Waals surface area contributed by atoms with Crippen molar-refractivity contribution in [3.63, 3.8) is 0 Å². The van der Waals surface area contributed by atoms with Crippen molar-refractivity contribution in [3.05, 3.63) is 35.4 Å². The third-order valence-corrected chi connectivity index (χ3v) is 2.35. The molecule has 1 nitrogen and oxygen atoms in total. The van der Waals surface area contributed by atoms with Crippen LogP contribution in [0, 0.1) is 0 Å². The molecule has 0 aliphatic rings. The van der Waals surface area contributed by atoms with Gasteiger partial charge in [-0.3, -0.25) is 0 Å². The molecule has 1 N–H and O–H groups in total. The summed E-state index contributed by atoms with van der Waals surface area (Å²) in [6.45, 7) is 4.76. The summed E-state index contributed by atoms with van der Waals surface area (Å²) in [4.78, 5) is 0. The van der Waals surface area contributed by atoms with Crippen LogP contribution in [0.4, 0.5) is 13.2 Å². The summed E-state index contributed by atoms with van der Waals surface area (Å²) in [6, 6.07) is 5.68. The first-order chi connectivity index (χ1) is 7.43. The molecule has 6 heteroatoms. The van der Waals surface area contributed by atoms with E-state index in [1.165, 1.54) is 12.1 Å². The van der Waals surface area contributed by atoms with Crippen molar-refractivity contribution in [3.8, 4) is 0 Å². The molecule has 1 rings (SSSR count). The molecule has 0 fully saturated rings. The second-order valence-electron chi connectivity index (χ2n) is 3.86. The molecule has 0 aliphatic heterocycles. The van der Waals surface area contributed by atoms with Crippen molar-refractivity contribution in [2.75, 3.05) is 6.54 Å². The van der Waals surface area contributed by atoms with E-state index in [2.05, 4.69) is 5.32 Å². The quantitative estimate of drug-likeness (QED) is 0.843. The Labute approximate surface area is 142 Å². The number of nitrogens with one attached hydrogen (secondary N) is 1. The monoisotopic (exact) mass is 309 g/mol. The third-order valence-electron chi connectivity index (χ3n) is 2.35. The fourth-order valence-electron chi connectivity index (χ4n) is 1.65. The Morgan fingerprint density at radius 1 is 1.28 bits per heavy atom. The topological polar surface area (TPSA) is 12.0 Å². The van der Waals surface area contributed by atoms with E-state index in [1.54, 1.807) is 6.07 Å². The second-order valence-corrected chi connectivity index (χ2v) is 3.86. The summed E-state index contributed by atoms with van der Waals surface area (Å²) >= 11 is 0. The van der Waals surface area contributed by atoms with E-state index in [0.717, 1.165) is 12.6 Å². The fourth-order valence-corrected chi connectivity index (χ4v) is 1.65. The Hall–Kier alpha value is 0.520. The van der Waals surface area contributed by atoms with Gasteiger partial charge in [-0.2, -0.15) is 13.2 Å². The van der Waals surface area contributed by atoms with Gasteiger partial charge in [-0.25, -0.2) is 0 Å². The van der Waals surface area contributed by atoms with Gasteiger partial charge in [0.05, 0.1) is 5.56 Å². The molecule has 0 saturated heterocycles. The zero-order chi connectivity index (χ0) is 12.2. The molecule has 18 heavy (non-hydrogen) atoms. The van der Waals surface area contributed by atoms with Crippen LogP contribution in [0.1, 0.15) is 25.0 Å². The van der Waals surface area contributed by atoms with Crippen LogP contribution in [0.5, 0.6) is 0 Å². The van der Waals surface area contributed by atoms with Crippen LogP contribution in [0.15, 0.2) is 24.3 Å². The van der Waals surface area contributed by atoms with Crippen LogP contribution in [0.3, 0.4) is 0 Å². The SMILES string of the molecule is CCNC(C)Cc1cccc(C(F)(F)F)c1.Cl.[CaH2]. The Balaban J connectivity index is 0. The number of benzene rings is 1. The fraction of sp³-hybridized carbons (Fsp3) is 0.500. The van der Waals surface area contributed by atoms with Gasteiger partial charge >= 0.3 is 43.9 Å². The van der Waals surface area contributed by atoms with Crippen LogP contribution < -0.4 is 5.32 Å². The van der Waals surface area contributed by atoms with Crippen molar-refractivity contribution in [1.29, 1.82) is 0 Å². The first-order valence-electron chi connectivity index (χ1n) is 5.33. The van der Waals surface area contributed by atoms with Gasteiger partial charge in [0.25, 0.3) is 0 Å². The Morgan fingerprint density at radius 2 is 1.89 bits per heavy atom. The van der Waals surface area contributed by atoms with Gasteiger partial charge in [0.1, 0.15) is 0 Å². The molecule has 1 atom stereocenters. The van der Waals surface area contributed by atoms with Crippen LogP contribution in [0.2, 0.25) is 0 Å². The van der Waals surface area contributed by atoms with Crippen molar-refractivity contribution >= 4 is 50.1 Å². The van der Waals surface area contributed by atoms with Crippen LogP contribution >= 0.6 is 12.4 Å². The molecule has 0 aliphatic carbocycles. The van der Waals surface area contributed by atoms with E-state index in [-0.39, 0.29) is 56.2 Å². The molecule has 0 heterocycles. The van der Waals surface area contributed by atoms with Gasteiger partial charge in [-0.05, 0) is 31.5 Å².